The maximum Gasteiger partial charge on any atom is 0.219 e. The molecule has 1 saturated heterocycles. The van der Waals surface area contributed by atoms with Gasteiger partial charge < -0.3 is 4.90 Å². The summed E-state index contributed by atoms with van der Waals surface area (Å²) in [6, 6.07) is 0. The Morgan fingerprint density at radius 1 is 1.47 bits per heavy atom. The van der Waals surface area contributed by atoms with Gasteiger partial charge in [-0.1, -0.05) is 42.4 Å². The fourth-order valence-corrected chi connectivity index (χ4v) is 2.66. The third-order valence-electron chi connectivity index (χ3n) is 3.27. The second kappa shape index (κ2) is 6.71. The molecule has 1 fully saturated rings. The summed E-state index contributed by atoms with van der Waals surface area (Å²) < 4.78 is 0.805. The number of halogens is 1. The molecule has 0 aromatic heterocycles. The van der Waals surface area contributed by atoms with Crippen molar-refractivity contribution >= 4 is 28.5 Å². The molecule has 88 valence electrons. The predicted molar refractivity (Wildman–Crippen MR) is 72.3 cm³/mol. The highest BCUT2D eigenvalue weighted by molar-refractivity contribution is 14.1. The molecule has 0 saturated carbocycles. The van der Waals surface area contributed by atoms with Gasteiger partial charge in [0.25, 0.3) is 0 Å². The van der Waals surface area contributed by atoms with Gasteiger partial charge in [-0.05, 0) is 25.2 Å². The molecule has 0 N–H and O–H groups in total. The number of carbonyl (C=O) groups excluding carboxylic acids is 1. The highest BCUT2D eigenvalue weighted by Crippen LogP contribution is 2.23. The molecule has 0 bridgehead atoms. The second-order valence-corrected chi connectivity index (χ2v) is 6.79. The third-order valence-corrected chi connectivity index (χ3v) is 3.90. The van der Waals surface area contributed by atoms with Gasteiger partial charge >= 0.3 is 0 Å². The Hall–Kier alpha value is 0.200. The van der Waals surface area contributed by atoms with E-state index in [1.54, 1.807) is 6.92 Å². The molecule has 1 rings (SSSR count). The number of rotatable bonds is 4. The molecule has 0 spiro atoms. The van der Waals surface area contributed by atoms with Crippen LogP contribution in [0.15, 0.2) is 0 Å². The van der Waals surface area contributed by atoms with Gasteiger partial charge in [0.15, 0.2) is 0 Å². The number of hydrogen-bond acceptors (Lipinski definition) is 1. The van der Waals surface area contributed by atoms with Gasteiger partial charge in [-0.3, -0.25) is 4.79 Å². The minimum absolute atomic E-state index is 0.245. The molecule has 0 aliphatic carbocycles. The van der Waals surface area contributed by atoms with Gasteiger partial charge in [0.2, 0.25) is 5.91 Å². The highest BCUT2D eigenvalue weighted by atomic mass is 127. The number of likely N-dealkylation sites (tertiary alicyclic amines) is 1. The Bertz CT molecular complexity index is 198. The maximum absolute atomic E-state index is 11.1. The van der Waals surface area contributed by atoms with Crippen LogP contribution in [-0.2, 0) is 4.79 Å². The minimum Gasteiger partial charge on any atom is -0.343 e. The molecule has 1 amide bonds. The number of alkyl halides is 1. The zero-order chi connectivity index (χ0) is 11.3. The molecule has 1 unspecified atom stereocenters. The van der Waals surface area contributed by atoms with Gasteiger partial charge in [0, 0.05) is 23.9 Å². The quantitative estimate of drug-likeness (QED) is 0.574. The van der Waals surface area contributed by atoms with Crippen LogP contribution in [0.4, 0.5) is 0 Å². The van der Waals surface area contributed by atoms with Crippen LogP contribution in [0.1, 0.15) is 46.0 Å². The fourth-order valence-electron chi connectivity index (χ4n) is 2.22. The Morgan fingerprint density at radius 2 is 2.07 bits per heavy atom. The molecule has 2 nitrogen and oxygen atoms in total. The zero-order valence-corrected chi connectivity index (χ0v) is 12.0. The van der Waals surface area contributed by atoms with Crippen LogP contribution in [0.3, 0.4) is 0 Å². The normalized spacial score (nSPS) is 20.3. The zero-order valence-electron chi connectivity index (χ0n) is 9.84. The lowest BCUT2D eigenvalue weighted by atomic mass is 9.91. The number of nitrogens with zero attached hydrogens (tertiary/aromatic N) is 1. The first-order chi connectivity index (χ1) is 7.09. The van der Waals surface area contributed by atoms with E-state index < -0.39 is 0 Å². The van der Waals surface area contributed by atoms with Crippen molar-refractivity contribution in [1.82, 2.24) is 4.90 Å². The van der Waals surface area contributed by atoms with Crippen molar-refractivity contribution < 1.29 is 4.79 Å². The van der Waals surface area contributed by atoms with E-state index in [-0.39, 0.29) is 5.91 Å². The molecular weight excluding hydrogens is 301 g/mol. The average Bonchev–Trinajstić information content (AvgIpc) is 2.18. The molecule has 1 heterocycles. The topological polar surface area (TPSA) is 20.3 Å². The lowest BCUT2D eigenvalue weighted by Crippen LogP contribution is -2.36. The van der Waals surface area contributed by atoms with Crippen molar-refractivity contribution in [3.8, 4) is 0 Å². The van der Waals surface area contributed by atoms with Crippen molar-refractivity contribution in [1.29, 1.82) is 0 Å². The van der Waals surface area contributed by atoms with E-state index in [0.29, 0.717) is 0 Å². The third kappa shape index (κ3) is 5.18. The molecule has 1 aliphatic heterocycles. The van der Waals surface area contributed by atoms with Gasteiger partial charge in [-0.2, -0.15) is 0 Å². The highest BCUT2D eigenvalue weighted by Gasteiger charge is 2.20. The molecular formula is C12H22INO. The first-order valence-corrected chi connectivity index (χ1v) is 7.23. The van der Waals surface area contributed by atoms with Crippen molar-refractivity contribution in [3.63, 3.8) is 0 Å². The van der Waals surface area contributed by atoms with E-state index in [1.165, 1.54) is 32.1 Å². The van der Waals surface area contributed by atoms with E-state index >= 15 is 0 Å². The standard InChI is InChI=1S/C12H22INO/c1-10(13)4-3-5-12-6-8-14(9-7-12)11(2)15/h10,12H,3-9H2,1-2H3. The second-order valence-electron chi connectivity index (χ2n) is 4.66. The summed E-state index contributed by atoms with van der Waals surface area (Å²) in [6.45, 7) is 5.93. The first-order valence-electron chi connectivity index (χ1n) is 5.99. The molecule has 1 atom stereocenters. The summed E-state index contributed by atoms with van der Waals surface area (Å²) in [6.07, 6.45) is 6.49. The first kappa shape index (κ1) is 13.3. The van der Waals surface area contributed by atoms with Gasteiger partial charge in [-0.25, -0.2) is 0 Å². The molecule has 15 heavy (non-hydrogen) atoms. The Balaban J connectivity index is 2.12. The summed E-state index contributed by atoms with van der Waals surface area (Å²) in [5, 5.41) is 0. The number of amides is 1. The number of piperidine rings is 1. The minimum atomic E-state index is 0.245. The molecule has 3 heteroatoms. The van der Waals surface area contributed by atoms with E-state index in [2.05, 4.69) is 29.5 Å². The van der Waals surface area contributed by atoms with Gasteiger partial charge in [0.05, 0.1) is 0 Å². The SMILES string of the molecule is CC(=O)N1CCC(CCCC(C)I)CC1. The Kier molecular flexibility index (Phi) is 5.94. The Morgan fingerprint density at radius 3 is 2.53 bits per heavy atom. The lowest BCUT2D eigenvalue weighted by molar-refractivity contribution is -0.130. The average molecular weight is 323 g/mol. The van der Waals surface area contributed by atoms with Crippen LogP contribution in [0.5, 0.6) is 0 Å². The molecule has 0 radical (unpaired) electrons. The van der Waals surface area contributed by atoms with Crippen LogP contribution in [0.2, 0.25) is 0 Å². The van der Waals surface area contributed by atoms with Crippen molar-refractivity contribution in [2.75, 3.05) is 13.1 Å². The predicted octanol–water partition coefficient (Wildman–Crippen LogP) is 3.24. The number of carbonyl (C=O) groups is 1. The van der Waals surface area contributed by atoms with E-state index in [9.17, 15) is 4.79 Å². The van der Waals surface area contributed by atoms with Crippen LogP contribution in [-0.4, -0.2) is 27.8 Å². The fraction of sp³-hybridized carbons (Fsp3) is 0.917. The summed E-state index contributed by atoms with van der Waals surface area (Å²) in [5.41, 5.74) is 0. The summed E-state index contributed by atoms with van der Waals surface area (Å²) in [4.78, 5) is 13.1. The van der Waals surface area contributed by atoms with Crippen molar-refractivity contribution in [2.45, 2.75) is 49.9 Å². The van der Waals surface area contributed by atoms with Crippen molar-refractivity contribution in [2.24, 2.45) is 5.92 Å². The van der Waals surface area contributed by atoms with Gasteiger partial charge in [0.1, 0.15) is 0 Å². The lowest BCUT2D eigenvalue weighted by Gasteiger charge is -2.31. The number of hydrogen-bond donors (Lipinski definition) is 0. The largest absolute Gasteiger partial charge is 0.343 e. The smallest absolute Gasteiger partial charge is 0.219 e. The van der Waals surface area contributed by atoms with Crippen LogP contribution in [0, 0.1) is 5.92 Å². The monoisotopic (exact) mass is 323 g/mol. The van der Waals surface area contributed by atoms with Crippen LogP contribution >= 0.6 is 22.6 Å². The molecule has 0 aromatic rings. The van der Waals surface area contributed by atoms with Gasteiger partial charge in [-0.15, -0.1) is 0 Å². The van der Waals surface area contributed by atoms with Crippen LogP contribution < -0.4 is 0 Å². The van der Waals surface area contributed by atoms with E-state index in [0.717, 1.165) is 22.9 Å². The summed E-state index contributed by atoms with van der Waals surface area (Å²) in [5.74, 6) is 1.12. The molecule has 1 aliphatic rings. The molecule has 0 aromatic carbocycles. The van der Waals surface area contributed by atoms with E-state index in [1.807, 2.05) is 4.90 Å². The Labute approximate surface area is 107 Å². The maximum atomic E-state index is 11.1. The van der Waals surface area contributed by atoms with E-state index in [4.69, 9.17) is 0 Å². The summed E-state index contributed by atoms with van der Waals surface area (Å²) in [7, 11) is 0. The van der Waals surface area contributed by atoms with Crippen molar-refractivity contribution in [3.05, 3.63) is 0 Å². The summed E-state index contributed by atoms with van der Waals surface area (Å²) >= 11 is 2.50. The van der Waals surface area contributed by atoms with Crippen LogP contribution in [0.25, 0.3) is 0 Å².